The van der Waals surface area contributed by atoms with Crippen molar-refractivity contribution in [3.8, 4) is 0 Å². The summed E-state index contributed by atoms with van der Waals surface area (Å²) in [6.07, 6.45) is 7.83. The minimum atomic E-state index is 0.958. The van der Waals surface area contributed by atoms with E-state index in [1.165, 1.54) is 66.6 Å². The van der Waals surface area contributed by atoms with Crippen LogP contribution in [0, 0.1) is 0 Å². The van der Waals surface area contributed by atoms with E-state index in [1.54, 1.807) is 0 Å². The summed E-state index contributed by atoms with van der Waals surface area (Å²) in [5, 5.41) is 0. The van der Waals surface area contributed by atoms with Gasteiger partial charge in [0.1, 0.15) is 0 Å². The number of aromatic amines is 2. The number of aryl methyl sites for hydroxylation is 4. The molecule has 2 aliphatic rings. The lowest BCUT2D eigenvalue weighted by atomic mass is 9.95. The van der Waals surface area contributed by atoms with Gasteiger partial charge in [0.05, 0.1) is 33.8 Å². The van der Waals surface area contributed by atoms with E-state index >= 15 is 0 Å². The van der Waals surface area contributed by atoms with Gasteiger partial charge in [-0.1, -0.05) is 55.4 Å². The number of allylic oxidation sites excluding steroid dienone is 4. The molecule has 0 saturated carbocycles. The molecule has 5 heterocycles. The highest BCUT2D eigenvalue weighted by Gasteiger charge is 2.26. The molecule has 0 atom stereocenters. The van der Waals surface area contributed by atoms with Gasteiger partial charge in [-0.3, -0.25) is 0 Å². The van der Waals surface area contributed by atoms with Gasteiger partial charge in [0.25, 0.3) is 0 Å². The summed E-state index contributed by atoms with van der Waals surface area (Å²) in [4.78, 5) is 18.4. The second-order valence-corrected chi connectivity index (χ2v) is 10.8. The predicted octanol–water partition coefficient (Wildman–Crippen LogP) is 10.0. The highest BCUT2D eigenvalue weighted by molar-refractivity contribution is 6.00. The van der Waals surface area contributed by atoms with Crippen LogP contribution in [-0.2, 0) is 25.7 Å². The molecule has 0 aliphatic carbocycles. The van der Waals surface area contributed by atoms with Gasteiger partial charge in [0.2, 0.25) is 0 Å². The van der Waals surface area contributed by atoms with Crippen LogP contribution in [0.1, 0.15) is 126 Å². The lowest BCUT2D eigenvalue weighted by Gasteiger charge is -2.07. The van der Waals surface area contributed by atoms with Gasteiger partial charge < -0.3 is 9.97 Å². The van der Waals surface area contributed by atoms with Gasteiger partial charge in [-0.25, -0.2) is 9.97 Å². The number of nitrogens with zero attached hydrogens (tertiary/aromatic N) is 2. The van der Waals surface area contributed by atoms with Crippen molar-refractivity contribution in [1.82, 2.24) is 19.9 Å². The molecule has 4 nitrogen and oxygen atoms in total. The van der Waals surface area contributed by atoms with Crippen LogP contribution >= 0.6 is 0 Å². The Morgan fingerprint density at radius 2 is 0.775 bits per heavy atom. The van der Waals surface area contributed by atoms with Gasteiger partial charge in [-0.2, -0.15) is 0 Å². The molecule has 210 valence electrons. The summed E-state index contributed by atoms with van der Waals surface area (Å²) in [5.41, 5.74) is 20.3. The highest BCUT2D eigenvalue weighted by Crippen LogP contribution is 2.42. The van der Waals surface area contributed by atoms with Crippen LogP contribution in [0.5, 0.6) is 0 Å². The molecule has 0 amide bonds. The minimum absolute atomic E-state index is 0.958. The highest BCUT2D eigenvalue weighted by atomic mass is 14.8. The Balaban J connectivity index is 2.03. The second kappa shape index (κ2) is 11.6. The van der Waals surface area contributed by atoms with Crippen LogP contribution in [0.25, 0.3) is 44.4 Å². The Bertz CT molecular complexity index is 1550. The third-order valence-electron chi connectivity index (χ3n) is 9.00. The predicted molar refractivity (Wildman–Crippen MR) is 173 cm³/mol. The second-order valence-electron chi connectivity index (χ2n) is 10.8. The SMILES string of the molecule is CCC1=C(CC)c2nc1ccc1[nH]c(c(CC)c1CC)c1[nH]c(ccc3nc2C(CC)=C3CC)c(CC)c1CC. The average Bonchev–Trinajstić information content (AvgIpc) is 3.71. The van der Waals surface area contributed by atoms with Gasteiger partial charge in [-0.05, 0) is 120 Å². The number of hydrogen-bond acceptors (Lipinski definition) is 2. The number of hydrogen-bond donors (Lipinski definition) is 2. The van der Waals surface area contributed by atoms with E-state index < -0.39 is 0 Å². The Morgan fingerprint density at radius 1 is 0.425 bits per heavy atom. The topological polar surface area (TPSA) is 57.4 Å². The fourth-order valence-corrected chi connectivity index (χ4v) is 7.15. The molecule has 8 bridgehead atoms. The van der Waals surface area contributed by atoms with E-state index in [1.807, 2.05) is 0 Å². The van der Waals surface area contributed by atoms with Crippen molar-refractivity contribution in [3.05, 3.63) is 69.3 Å². The van der Waals surface area contributed by atoms with Crippen LogP contribution in [0.3, 0.4) is 0 Å². The van der Waals surface area contributed by atoms with Crippen molar-refractivity contribution >= 4 is 44.4 Å². The van der Waals surface area contributed by atoms with E-state index in [-0.39, 0.29) is 0 Å². The molecule has 0 radical (unpaired) electrons. The van der Waals surface area contributed by atoms with Crippen LogP contribution in [0.4, 0.5) is 0 Å². The molecule has 2 aliphatic heterocycles. The van der Waals surface area contributed by atoms with Crippen LogP contribution in [0.2, 0.25) is 0 Å². The third kappa shape index (κ3) is 4.36. The Kier molecular flexibility index (Phi) is 8.16. The van der Waals surface area contributed by atoms with Crippen molar-refractivity contribution in [3.63, 3.8) is 0 Å². The zero-order valence-corrected chi connectivity index (χ0v) is 25.9. The van der Waals surface area contributed by atoms with Gasteiger partial charge in [0, 0.05) is 11.0 Å². The van der Waals surface area contributed by atoms with Crippen molar-refractivity contribution < 1.29 is 0 Å². The molecule has 0 unspecified atom stereocenters. The maximum absolute atomic E-state index is 5.31. The first-order valence-corrected chi connectivity index (χ1v) is 15.7. The number of nitrogens with one attached hydrogen (secondary N) is 2. The van der Waals surface area contributed by atoms with Gasteiger partial charge in [-0.15, -0.1) is 0 Å². The molecule has 3 aromatic heterocycles. The number of H-pyrrole nitrogens is 2. The molecule has 2 N–H and O–H groups in total. The quantitative estimate of drug-likeness (QED) is 0.302. The fourth-order valence-electron chi connectivity index (χ4n) is 7.15. The normalized spacial score (nSPS) is 13.6. The summed E-state index contributed by atoms with van der Waals surface area (Å²) in [6, 6.07) is 9.04. The maximum Gasteiger partial charge on any atom is 0.0932 e. The summed E-state index contributed by atoms with van der Waals surface area (Å²) < 4.78 is 0. The molecule has 4 heteroatoms. The summed E-state index contributed by atoms with van der Waals surface area (Å²) >= 11 is 0. The van der Waals surface area contributed by atoms with Crippen LogP contribution < -0.4 is 0 Å². The van der Waals surface area contributed by atoms with E-state index in [0.29, 0.717) is 0 Å². The van der Waals surface area contributed by atoms with Crippen LogP contribution in [0.15, 0.2) is 24.3 Å². The van der Waals surface area contributed by atoms with Gasteiger partial charge >= 0.3 is 0 Å². The van der Waals surface area contributed by atoms with Crippen molar-refractivity contribution in [1.29, 1.82) is 0 Å². The Hall–Kier alpha value is -3.40. The maximum atomic E-state index is 5.31. The molecular formula is C36H46N4. The van der Waals surface area contributed by atoms with E-state index in [2.05, 4.69) is 89.6 Å². The summed E-state index contributed by atoms with van der Waals surface area (Å²) in [7, 11) is 0. The number of aromatic nitrogens is 4. The molecule has 0 aromatic carbocycles. The van der Waals surface area contributed by atoms with Crippen LogP contribution in [-0.4, -0.2) is 19.9 Å². The van der Waals surface area contributed by atoms with E-state index in [0.717, 1.165) is 74.1 Å². The first-order valence-electron chi connectivity index (χ1n) is 15.7. The lowest BCUT2D eigenvalue weighted by molar-refractivity contribution is 1.07. The first-order chi connectivity index (χ1) is 19.5. The standard InChI is InChI=1S/C36H46N4/c1-9-21-25(13-5)33-34-26(14-6)22(10-2)31(38-34)19-20-32-24(12-4)28(16-8)36(40-32)35-27(15-7)23(11-3)30(39-35)18-17-29(21)37-33/h17-20,37-38H,9-16H2,1-8H3. The molecule has 40 heavy (non-hydrogen) atoms. The van der Waals surface area contributed by atoms with Crippen molar-refractivity contribution in [2.45, 2.75) is 107 Å². The molecule has 0 saturated heterocycles. The molecule has 3 aromatic rings. The van der Waals surface area contributed by atoms with E-state index in [9.17, 15) is 0 Å². The van der Waals surface area contributed by atoms with E-state index in [4.69, 9.17) is 9.97 Å². The third-order valence-corrected chi connectivity index (χ3v) is 9.00. The van der Waals surface area contributed by atoms with Crippen molar-refractivity contribution in [2.75, 3.05) is 0 Å². The smallest absolute Gasteiger partial charge is 0.0932 e. The first kappa shape index (κ1) is 28.1. The zero-order valence-electron chi connectivity index (χ0n) is 25.9. The zero-order chi connectivity index (χ0) is 28.6. The van der Waals surface area contributed by atoms with Crippen molar-refractivity contribution in [2.24, 2.45) is 0 Å². The monoisotopic (exact) mass is 534 g/mol. The Labute approximate surface area is 240 Å². The molecular weight excluding hydrogens is 488 g/mol. The Morgan fingerprint density at radius 3 is 1.07 bits per heavy atom. The van der Waals surface area contributed by atoms with Gasteiger partial charge in [0.15, 0.2) is 0 Å². The largest absolute Gasteiger partial charge is 0.353 e. The number of fused-ring (bicyclic) bond motifs is 10. The fraction of sp³-hybridized carbons (Fsp3) is 0.444. The summed E-state index contributed by atoms with van der Waals surface area (Å²) in [5.74, 6) is 0. The number of rotatable bonds is 8. The summed E-state index contributed by atoms with van der Waals surface area (Å²) in [6.45, 7) is 18.1. The molecule has 0 spiro atoms. The molecule has 0 fully saturated rings. The minimum Gasteiger partial charge on any atom is -0.353 e. The molecule has 5 rings (SSSR count). The average molecular weight is 535 g/mol. The lowest BCUT2D eigenvalue weighted by Crippen LogP contribution is -1.92.